The zero-order valence-electron chi connectivity index (χ0n) is 15.6. The Balaban J connectivity index is 1.75. The number of benzene rings is 2. The number of aryl methyl sites for hydroxylation is 1. The van der Waals surface area contributed by atoms with E-state index in [1.165, 1.54) is 4.68 Å². The average molecular weight is 402 g/mol. The molecule has 7 heteroatoms. The van der Waals surface area contributed by atoms with Crippen LogP contribution in [0.2, 0.25) is 5.15 Å². The summed E-state index contributed by atoms with van der Waals surface area (Å²) in [5.74, 6) is 0.611. The number of halogens is 1. The van der Waals surface area contributed by atoms with Gasteiger partial charge in [0.2, 0.25) is 0 Å². The number of nitrogens with zero attached hydrogens (tertiary/aromatic N) is 5. The van der Waals surface area contributed by atoms with E-state index < -0.39 is 0 Å². The Morgan fingerprint density at radius 1 is 0.966 bits per heavy atom. The second kappa shape index (κ2) is 6.83. The molecule has 0 atom stereocenters. The van der Waals surface area contributed by atoms with Crippen LogP contribution in [0, 0.1) is 6.92 Å². The van der Waals surface area contributed by atoms with Gasteiger partial charge in [-0.3, -0.25) is 4.79 Å². The van der Waals surface area contributed by atoms with Gasteiger partial charge in [0, 0.05) is 5.56 Å². The Morgan fingerprint density at radius 2 is 1.66 bits per heavy atom. The first-order valence-electron chi connectivity index (χ1n) is 9.18. The fourth-order valence-corrected chi connectivity index (χ4v) is 3.77. The molecule has 0 N–H and O–H groups in total. The Kier molecular flexibility index (Phi) is 4.14. The minimum absolute atomic E-state index is 0.229. The van der Waals surface area contributed by atoms with Crippen LogP contribution in [0.25, 0.3) is 27.7 Å². The molecule has 0 aliphatic heterocycles. The number of hydrogen-bond donors (Lipinski definition) is 0. The summed E-state index contributed by atoms with van der Waals surface area (Å²) in [6.07, 6.45) is 0. The Bertz CT molecular complexity index is 1410. The first-order chi connectivity index (χ1) is 14.1. The summed E-state index contributed by atoms with van der Waals surface area (Å²) in [7, 11) is 0. The van der Waals surface area contributed by atoms with E-state index in [1.54, 1.807) is 4.52 Å². The van der Waals surface area contributed by atoms with Gasteiger partial charge in [0.15, 0.2) is 5.15 Å². The van der Waals surface area contributed by atoms with Crippen molar-refractivity contribution < 1.29 is 0 Å². The highest BCUT2D eigenvalue weighted by Crippen LogP contribution is 2.27. The van der Waals surface area contributed by atoms with Gasteiger partial charge in [-0.15, -0.1) is 0 Å². The first kappa shape index (κ1) is 17.6. The van der Waals surface area contributed by atoms with Crippen LogP contribution < -0.4 is 5.56 Å². The van der Waals surface area contributed by atoms with Gasteiger partial charge < -0.3 is 0 Å². The third-order valence-electron chi connectivity index (χ3n) is 4.88. The Morgan fingerprint density at radius 3 is 2.38 bits per heavy atom. The topological polar surface area (TPSA) is 65.1 Å². The molecule has 29 heavy (non-hydrogen) atoms. The monoisotopic (exact) mass is 401 g/mol. The van der Waals surface area contributed by atoms with Gasteiger partial charge >= 0.3 is 0 Å². The third-order valence-corrected chi connectivity index (χ3v) is 5.14. The van der Waals surface area contributed by atoms with Crippen LogP contribution in [0.1, 0.15) is 11.4 Å². The van der Waals surface area contributed by atoms with Gasteiger partial charge in [0.25, 0.3) is 5.56 Å². The molecular formula is C22H16ClN5O. The van der Waals surface area contributed by atoms with Crippen molar-refractivity contribution in [3.8, 4) is 11.3 Å². The smallest absolute Gasteiger partial charge is 0.265 e. The second-order valence-electron chi connectivity index (χ2n) is 6.81. The van der Waals surface area contributed by atoms with E-state index in [4.69, 9.17) is 11.6 Å². The molecule has 0 fully saturated rings. The Hall–Kier alpha value is -3.51. The molecule has 0 aliphatic carbocycles. The number of rotatable bonds is 3. The molecule has 0 amide bonds. The second-order valence-corrected chi connectivity index (χ2v) is 7.17. The lowest BCUT2D eigenvalue weighted by atomic mass is 10.1. The molecule has 0 saturated carbocycles. The number of hydrogen-bond acceptors (Lipinski definition) is 4. The van der Waals surface area contributed by atoms with Gasteiger partial charge in [0.05, 0.1) is 23.1 Å². The highest BCUT2D eigenvalue weighted by molar-refractivity contribution is 6.35. The van der Waals surface area contributed by atoms with Crippen LogP contribution >= 0.6 is 11.6 Å². The van der Waals surface area contributed by atoms with Crippen molar-refractivity contribution in [1.82, 2.24) is 24.4 Å². The fourth-order valence-electron chi connectivity index (χ4n) is 3.49. The molecule has 5 rings (SSSR count). The minimum Gasteiger partial charge on any atom is -0.265 e. The van der Waals surface area contributed by atoms with E-state index in [9.17, 15) is 4.79 Å². The zero-order valence-corrected chi connectivity index (χ0v) is 16.3. The molecule has 0 radical (unpaired) electrons. The van der Waals surface area contributed by atoms with Crippen molar-refractivity contribution in [2.45, 2.75) is 13.5 Å². The van der Waals surface area contributed by atoms with Crippen LogP contribution in [-0.2, 0) is 6.54 Å². The number of aromatic nitrogens is 5. The van der Waals surface area contributed by atoms with E-state index in [-0.39, 0.29) is 10.7 Å². The van der Waals surface area contributed by atoms with E-state index in [0.29, 0.717) is 28.8 Å². The van der Waals surface area contributed by atoms with Crippen molar-refractivity contribution in [2.75, 3.05) is 0 Å². The van der Waals surface area contributed by atoms with Gasteiger partial charge in [-0.05, 0) is 18.6 Å². The lowest BCUT2D eigenvalue weighted by Crippen LogP contribution is -2.25. The molecule has 0 unspecified atom stereocenters. The van der Waals surface area contributed by atoms with Crippen LogP contribution in [0.3, 0.4) is 0 Å². The molecule has 142 valence electrons. The molecule has 0 aliphatic rings. The summed E-state index contributed by atoms with van der Waals surface area (Å²) in [5, 5.41) is 9.74. The molecule has 5 aromatic rings. The lowest BCUT2D eigenvalue weighted by molar-refractivity contribution is 0.645. The molecule has 3 aromatic heterocycles. The molecule has 0 saturated heterocycles. The molecular weight excluding hydrogens is 386 g/mol. The van der Waals surface area contributed by atoms with Crippen LogP contribution in [0.15, 0.2) is 71.5 Å². The maximum absolute atomic E-state index is 13.1. The predicted molar refractivity (Wildman–Crippen MR) is 113 cm³/mol. The van der Waals surface area contributed by atoms with E-state index in [2.05, 4.69) is 15.2 Å². The van der Waals surface area contributed by atoms with Crippen LogP contribution in [0.4, 0.5) is 0 Å². The lowest BCUT2D eigenvalue weighted by Gasteiger charge is -2.09. The number of fused-ring (bicyclic) bond motifs is 3. The summed E-state index contributed by atoms with van der Waals surface area (Å²) in [5.41, 5.74) is 3.46. The van der Waals surface area contributed by atoms with Gasteiger partial charge in [-0.1, -0.05) is 72.3 Å². The largest absolute Gasteiger partial charge is 0.293 e. The summed E-state index contributed by atoms with van der Waals surface area (Å²) in [6, 6.07) is 21.4. The quantitative estimate of drug-likeness (QED) is 0.456. The minimum atomic E-state index is -0.277. The van der Waals surface area contributed by atoms with Crippen LogP contribution in [-0.4, -0.2) is 24.4 Å². The zero-order chi connectivity index (χ0) is 20.0. The standard InChI is InChI=1S/C22H16ClN5O/c1-14-24-20-19(18-12-17(25-28(14)18)16-10-6-3-7-11-16)21(23)26-27(22(20)29)13-15-8-4-2-5-9-15/h2-12H,13H2,1H3. The highest BCUT2D eigenvalue weighted by Gasteiger charge is 2.18. The van der Waals surface area contributed by atoms with Crippen molar-refractivity contribution in [3.05, 3.63) is 93.6 Å². The third kappa shape index (κ3) is 2.98. The fraction of sp³-hybridized carbons (Fsp3) is 0.0909. The molecule has 2 aromatic carbocycles. The van der Waals surface area contributed by atoms with E-state index in [0.717, 1.165) is 16.8 Å². The Labute approximate surface area is 171 Å². The van der Waals surface area contributed by atoms with E-state index >= 15 is 0 Å². The first-order valence-corrected chi connectivity index (χ1v) is 9.55. The maximum atomic E-state index is 13.1. The highest BCUT2D eigenvalue weighted by atomic mass is 35.5. The molecule has 0 bridgehead atoms. The van der Waals surface area contributed by atoms with Gasteiger partial charge in [0.1, 0.15) is 11.3 Å². The normalized spacial score (nSPS) is 11.4. The summed E-state index contributed by atoms with van der Waals surface area (Å²) >= 11 is 6.54. The van der Waals surface area contributed by atoms with Crippen molar-refractivity contribution in [1.29, 1.82) is 0 Å². The molecule has 6 nitrogen and oxygen atoms in total. The molecule has 3 heterocycles. The van der Waals surface area contributed by atoms with Crippen molar-refractivity contribution >= 4 is 28.0 Å². The van der Waals surface area contributed by atoms with Crippen LogP contribution in [0.5, 0.6) is 0 Å². The average Bonchev–Trinajstić information content (AvgIpc) is 3.19. The maximum Gasteiger partial charge on any atom is 0.293 e. The predicted octanol–water partition coefficient (Wildman–Crippen LogP) is 4.12. The summed E-state index contributed by atoms with van der Waals surface area (Å²) in [6.45, 7) is 2.15. The van der Waals surface area contributed by atoms with E-state index in [1.807, 2.05) is 73.7 Å². The van der Waals surface area contributed by atoms with Gasteiger partial charge in [-0.2, -0.15) is 10.2 Å². The molecule has 0 spiro atoms. The van der Waals surface area contributed by atoms with Gasteiger partial charge in [-0.25, -0.2) is 14.2 Å². The summed E-state index contributed by atoms with van der Waals surface area (Å²) < 4.78 is 3.07. The van der Waals surface area contributed by atoms with Crippen molar-refractivity contribution in [3.63, 3.8) is 0 Å². The SMILES string of the molecule is Cc1nc2c(=O)n(Cc3ccccc3)nc(Cl)c2c2cc(-c3ccccc3)nn12. The summed E-state index contributed by atoms with van der Waals surface area (Å²) in [4.78, 5) is 17.6. The van der Waals surface area contributed by atoms with Crippen molar-refractivity contribution in [2.24, 2.45) is 0 Å².